The lowest BCUT2D eigenvalue weighted by Gasteiger charge is -2.29. The number of hydrogen-bond acceptors (Lipinski definition) is 5. The lowest BCUT2D eigenvalue weighted by atomic mass is 10.2. The molecule has 3 rings (SSSR count). The van der Waals surface area contributed by atoms with Crippen LogP contribution >= 0.6 is 0 Å². The van der Waals surface area contributed by atoms with Crippen LogP contribution in [-0.4, -0.2) is 52.0 Å². The molecular weight excluding hydrogens is 310 g/mol. The molecule has 2 amide bonds. The number of likely N-dealkylation sites (N-methyl/N-ethyl adjacent to an activating group) is 1. The Balaban J connectivity index is 1.50. The molecule has 128 valence electrons. The Kier molecular flexibility index (Phi) is 4.83. The number of aromatic nitrogens is 3. The van der Waals surface area contributed by atoms with Crippen molar-refractivity contribution in [3.63, 3.8) is 0 Å². The smallest absolute Gasteiger partial charge is 0.317 e. The van der Waals surface area contributed by atoms with Crippen LogP contribution in [0.25, 0.3) is 0 Å². The van der Waals surface area contributed by atoms with Crippen molar-refractivity contribution in [1.29, 1.82) is 0 Å². The third kappa shape index (κ3) is 3.58. The van der Waals surface area contributed by atoms with Gasteiger partial charge in [0.1, 0.15) is 12.9 Å². The minimum Gasteiger partial charge on any atom is -0.486 e. The minimum atomic E-state index is -0.199. The summed E-state index contributed by atoms with van der Waals surface area (Å²) in [6.07, 6.45) is 1.45. The van der Waals surface area contributed by atoms with Crippen molar-refractivity contribution in [3.8, 4) is 11.5 Å². The van der Waals surface area contributed by atoms with Gasteiger partial charge in [-0.2, -0.15) is 0 Å². The van der Waals surface area contributed by atoms with Gasteiger partial charge in [0.2, 0.25) is 0 Å². The molecule has 1 aromatic carbocycles. The predicted octanol–water partition coefficient (Wildman–Crippen LogP) is 1.28. The quantitative estimate of drug-likeness (QED) is 0.892. The number of carbonyl (C=O) groups is 1. The zero-order chi connectivity index (χ0) is 16.9. The summed E-state index contributed by atoms with van der Waals surface area (Å²) < 4.78 is 13.4. The number of urea groups is 1. The summed E-state index contributed by atoms with van der Waals surface area (Å²) in [6.45, 7) is 3.95. The summed E-state index contributed by atoms with van der Waals surface area (Å²) in [4.78, 5) is 13.8. The van der Waals surface area contributed by atoms with Crippen molar-refractivity contribution in [2.45, 2.75) is 26.1 Å². The monoisotopic (exact) mass is 331 g/mol. The van der Waals surface area contributed by atoms with Crippen molar-refractivity contribution in [2.24, 2.45) is 0 Å². The van der Waals surface area contributed by atoms with E-state index in [9.17, 15) is 4.79 Å². The lowest BCUT2D eigenvalue weighted by molar-refractivity contribution is 0.0715. The van der Waals surface area contributed by atoms with Crippen LogP contribution in [-0.2, 0) is 13.1 Å². The van der Waals surface area contributed by atoms with Crippen LogP contribution in [0, 0.1) is 0 Å². The maximum atomic E-state index is 12.2. The fraction of sp³-hybridized carbons (Fsp3) is 0.438. The second-order valence-electron chi connectivity index (χ2n) is 5.57. The first-order valence-electron chi connectivity index (χ1n) is 7.91. The van der Waals surface area contributed by atoms with Gasteiger partial charge in [0, 0.05) is 13.6 Å². The first kappa shape index (κ1) is 16.1. The average molecular weight is 331 g/mol. The van der Waals surface area contributed by atoms with Crippen LogP contribution < -0.4 is 14.8 Å². The number of benzene rings is 1. The topological polar surface area (TPSA) is 81.5 Å². The number of hydrogen-bond donors (Lipinski definition) is 1. The fourth-order valence-corrected chi connectivity index (χ4v) is 2.51. The molecule has 1 N–H and O–H groups in total. The molecule has 1 atom stereocenters. The summed E-state index contributed by atoms with van der Waals surface area (Å²) in [5.41, 5.74) is 0. The molecule has 24 heavy (non-hydrogen) atoms. The van der Waals surface area contributed by atoms with E-state index in [-0.39, 0.29) is 12.1 Å². The van der Waals surface area contributed by atoms with E-state index in [2.05, 4.69) is 15.5 Å². The molecule has 0 saturated carbocycles. The maximum Gasteiger partial charge on any atom is 0.317 e. The largest absolute Gasteiger partial charge is 0.486 e. The number of aryl methyl sites for hydroxylation is 1. The number of rotatable bonds is 5. The van der Waals surface area contributed by atoms with E-state index in [0.717, 1.165) is 18.1 Å². The Labute approximate surface area is 140 Å². The molecule has 0 spiro atoms. The van der Waals surface area contributed by atoms with E-state index < -0.39 is 0 Å². The van der Waals surface area contributed by atoms with Gasteiger partial charge in [-0.15, -0.1) is 10.2 Å². The Morgan fingerprint density at radius 3 is 3.00 bits per heavy atom. The van der Waals surface area contributed by atoms with E-state index in [1.165, 1.54) is 0 Å². The van der Waals surface area contributed by atoms with E-state index in [1.807, 2.05) is 35.8 Å². The molecule has 1 aliphatic rings. The molecule has 8 nitrogen and oxygen atoms in total. The van der Waals surface area contributed by atoms with Crippen molar-refractivity contribution < 1.29 is 14.3 Å². The highest BCUT2D eigenvalue weighted by Crippen LogP contribution is 2.30. The molecular formula is C16H21N5O3. The van der Waals surface area contributed by atoms with Crippen LogP contribution in [0.1, 0.15) is 12.7 Å². The number of ether oxygens (including phenoxy) is 2. The van der Waals surface area contributed by atoms with E-state index in [1.54, 1.807) is 18.3 Å². The van der Waals surface area contributed by atoms with E-state index in [4.69, 9.17) is 9.47 Å². The van der Waals surface area contributed by atoms with E-state index in [0.29, 0.717) is 25.4 Å². The second kappa shape index (κ2) is 7.20. The normalized spacial score (nSPS) is 15.8. The SMILES string of the molecule is CCn1cnnc1CNC(=O)N(C)CC1COc2ccccc2O1. The van der Waals surface area contributed by atoms with Gasteiger partial charge in [-0.3, -0.25) is 0 Å². The summed E-state index contributed by atoms with van der Waals surface area (Å²) >= 11 is 0. The van der Waals surface area contributed by atoms with E-state index >= 15 is 0 Å². The van der Waals surface area contributed by atoms with Crippen LogP contribution in [0.5, 0.6) is 11.5 Å². The van der Waals surface area contributed by atoms with Gasteiger partial charge in [-0.25, -0.2) is 4.79 Å². The number of para-hydroxylation sites is 2. The van der Waals surface area contributed by atoms with Crippen molar-refractivity contribution in [2.75, 3.05) is 20.2 Å². The average Bonchev–Trinajstić information content (AvgIpc) is 3.07. The maximum absolute atomic E-state index is 12.2. The highest BCUT2D eigenvalue weighted by Gasteiger charge is 2.23. The third-order valence-corrected chi connectivity index (χ3v) is 3.83. The number of nitrogens with zero attached hydrogens (tertiary/aromatic N) is 4. The molecule has 0 saturated heterocycles. The fourth-order valence-electron chi connectivity index (χ4n) is 2.51. The number of carbonyl (C=O) groups excluding carboxylic acids is 1. The Morgan fingerprint density at radius 2 is 2.21 bits per heavy atom. The Bertz CT molecular complexity index is 703. The van der Waals surface area contributed by atoms with Crippen molar-refractivity contribution in [1.82, 2.24) is 25.0 Å². The van der Waals surface area contributed by atoms with Gasteiger partial charge in [0.05, 0.1) is 13.1 Å². The van der Waals surface area contributed by atoms with Gasteiger partial charge in [-0.05, 0) is 19.1 Å². The van der Waals surface area contributed by atoms with Gasteiger partial charge in [0.25, 0.3) is 0 Å². The summed E-state index contributed by atoms with van der Waals surface area (Å²) in [7, 11) is 1.73. The second-order valence-corrected chi connectivity index (χ2v) is 5.57. The summed E-state index contributed by atoms with van der Waals surface area (Å²) in [5.74, 6) is 2.17. The predicted molar refractivity (Wildman–Crippen MR) is 86.9 cm³/mol. The minimum absolute atomic E-state index is 0.192. The lowest BCUT2D eigenvalue weighted by Crippen LogP contribution is -2.45. The van der Waals surface area contributed by atoms with Gasteiger partial charge in [-0.1, -0.05) is 12.1 Å². The standard InChI is InChI=1S/C16H21N5O3/c1-3-21-11-18-19-15(21)8-17-16(22)20(2)9-12-10-23-13-6-4-5-7-14(13)24-12/h4-7,11-12H,3,8-10H2,1-2H3,(H,17,22). The summed E-state index contributed by atoms with van der Waals surface area (Å²) in [5, 5.41) is 10.7. The number of amides is 2. The van der Waals surface area contributed by atoms with Gasteiger partial charge < -0.3 is 24.3 Å². The molecule has 2 aromatic rings. The van der Waals surface area contributed by atoms with Crippen LogP contribution in [0.4, 0.5) is 4.79 Å². The molecule has 1 unspecified atom stereocenters. The summed E-state index contributed by atoms with van der Waals surface area (Å²) in [6, 6.07) is 7.33. The van der Waals surface area contributed by atoms with Crippen molar-refractivity contribution in [3.05, 3.63) is 36.4 Å². The van der Waals surface area contributed by atoms with Gasteiger partial charge in [0.15, 0.2) is 23.4 Å². The van der Waals surface area contributed by atoms with Gasteiger partial charge >= 0.3 is 6.03 Å². The third-order valence-electron chi connectivity index (χ3n) is 3.83. The molecule has 0 bridgehead atoms. The molecule has 0 aliphatic carbocycles. The molecule has 2 heterocycles. The molecule has 1 aromatic heterocycles. The Morgan fingerprint density at radius 1 is 1.42 bits per heavy atom. The molecule has 1 aliphatic heterocycles. The first-order valence-corrected chi connectivity index (χ1v) is 7.91. The van der Waals surface area contributed by atoms with Crippen LogP contribution in [0.3, 0.4) is 0 Å². The van der Waals surface area contributed by atoms with Crippen LogP contribution in [0.15, 0.2) is 30.6 Å². The number of fused-ring (bicyclic) bond motifs is 1. The highest BCUT2D eigenvalue weighted by molar-refractivity contribution is 5.73. The van der Waals surface area contributed by atoms with Crippen molar-refractivity contribution >= 4 is 6.03 Å². The van der Waals surface area contributed by atoms with Crippen LogP contribution in [0.2, 0.25) is 0 Å². The zero-order valence-electron chi connectivity index (χ0n) is 13.8. The Hall–Kier alpha value is -2.77. The number of nitrogens with one attached hydrogen (secondary N) is 1. The molecule has 0 radical (unpaired) electrons. The highest BCUT2D eigenvalue weighted by atomic mass is 16.6. The zero-order valence-corrected chi connectivity index (χ0v) is 13.8. The first-order chi connectivity index (χ1) is 11.7. The molecule has 8 heteroatoms. The molecule has 0 fully saturated rings.